The van der Waals surface area contributed by atoms with Gasteiger partial charge in [0.2, 0.25) is 0 Å². The summed E-state index contributed by atoms with van der Waals surface area (Å²) in [4.78, 5) is 12.4. The van der Waals surface area contributed by atoms with E-state index < -0.39 is 0 Å². The van der Waals surface area contributed by atoms with Gasteiger partial charge in [0.05, 0.1) is 0 Å². The van der Waals surface area contributed by atoms with Gasteiger partial charge in [-0.3, -0.25) is 4.79 Å². The molecule has 0 aromatic heterocycles. The van der Waals surface area contributed by atoms with Gasteiger partial charge in [-0.15, -0.1) is 0 Å². The second-order valence-electron chi connectivity index (χ2n) is 13.1. The number of hydrogen-bond donors (Lipinski definition) is 0. The molecule has 0 bridgehead atoms. The first-order chi connectivity index (χ1) is 19.2. The fraction of sp³-hybridized carbons (Fsp3) is 0.425. The fourth-order valence-corrected chi connectivity index (χ4v) is 5.57. The highest BCUT2D eigenvalue weighted by atomic mass is 16.1. The van der Waals surface area contributed by atoms with Gasteiger partial charge in [0.25, 0.3) is 0 Å². The van der Waals surface area contributed by atoms with E-state index in [1.165, 1.54) is 46.3 Å². The third-order valence-electron chi connectivity index (χ3n) is 8.48. The Morgan fingerprint density at radius 1 is 0.732 bits per heavy atom. The van der Waals surface area contributed by atoms with Gasteiger partial charge in [0, 0.05) is 17.8 Å². The van der Waals surface area contributed by atoms with Crippen LogP contribution in [0.1, 0.15) is 94.9 Å². The summed E-state index contributed by atoms with van der Waals surface area (Å²) in [5.41, 5.74) is 8.75. The molecule has 0 aromatic rings. The summed E-state index contributed by atoms with van der Waals surface area (Å²) in [5.74, 6) is 0.855. The maximum Gasteiger partial charge on any atom is 0.143 e. The smallest absolute Gasteiger partial charge is 0.143 e. The lowest BCUT2D eigenvalue weighted by molar-refractivity contribution is -0.125. The first-order valence-corrected chi connectivity index (χ1v) is 15.2. The minimum atomic E-state index is -0.390. The zero-order valence-electron chi connectivity index (χ0n) is 27.5. The van der Waals surface area contributed by atoms with Gasteiger partial charge in [0.15, 0.2) is 0 Å². The molecule has 1 nitrogen and oxygen atoms in total. The second kappa shape index (κ2) is 15.7. The predicted octanol–water partition coefficient (Wildman–Crippen LogP) is 11.6. The summed E-state index contributed by atoms with van der Waals surface area (Å²) < 4.78 is 0. The van der Waals surface area contributed by atoms with E-state index in [1.54, 1.807) is 0 Å². The highest BCUT2D eigenvalue weighted by Gasteiger charge is 2.34. The molecule has 0 aromatic carbocycles. The molecule has 0 spiro atoms. The molecule has 2 aliphatic rings. The average molecular weight is 551 g/mol. The number of allylic oxidation sites excluding steroid dienone is 22. The molecule has 2 aliphatic carbocycles. The molecular weight excluding hydrogens is 496 g/mol. The third-order valence-corrected chi connectivity index (χ3v) is 8.48. The van der Waals surface area contributed by atoms with Crippen molar-refractivity contribution in [2.75, 3.05) is 0 Å². The Labute approximate surface area is 252 Å². The van der Waals surface area contributed by atoms with E-state index >= 15 is 0 Å². The zero-order chi connectivity index (χ0) is 30.6. The third kappa shape index (κ3) is 11.0. The minimum absolute atomic E-state index is 0.333. The molecule has 0 aliphatic heterocycles. The Balaban J connectivity index is 1.89. The monoisotopic (exact) mass is 550 g/mol. The first kappa shape index (κ1) is 34.0. The quantitative estimate of drug-likeness (QED) is 0.195. The Kier molecular flexibility index (Phi) is 13.0. The number of carbonyl (C=O) groups excluding carboxylic acids is 1. The average Bonchev–Trinajstić information content (AvgIpc) is 2.88. The van der Waals surface area contributed by atoms with Crippen molar-refractivity contribution in [1.29, 1.82) is 0 Å². The summed E-state index contributed by atoms with van der Waals surface area (Å²) in [6.07, 6.45) is 36.5. The molecule has 0 radical (unpaired) electrons. The predicted molar refractivity (Wildman–Crippen MR) is 182 cm³/mol. The Bertz CT molecular complexity index is 1280. The van der Waals surface area contributed by atoms with Gasteiger partial charge < -0.3 is 0 Å². The Morgan fingerprint density at radius 2 is 1.24 bits per heavy atom. The molecule has 0 heterocycles. The van der Waals surface area contributed by atoms with Crippen LogP contribution in [-0.4, -0.2) is 5.78 Å². The van der Waals surface area contributed by atoms with Crippen LogP contribution < -0.4 is 0 Å². The van der Waals surface area contributed by atoms with E-state index in [2.05, 4.69) is 147 Å². The molecule has 41 heavy (non-hydrogen) atoms. The van der Waals surface area contributed by atoms with Crippen molar-refractivity contribution < 1.29 is 4.79 Å². The number of rotatable bonds is 10. The van der Waals surface area contributed by atoms with E-state index in [9.17, 15) is 4.79 Å². The number of Topliss-reactive ketones (excluding diaryl/α,β-unsaturated/α-hetero) is 1. The van der Waals surface area contributed by atoms with Crippen molar-refractivity contribution in [2.24, 2.45) is 16.7 Å². The number of hydrogen-bond acceptors (Lipinski definition) is 1. The lowest BCUT2D eigenvalue weighted by Crippen LogP contribution is -2.30. The topological polar surface area (TPSA) is 17.1 Å². The maximum absolute atomic E-state index is 12.4. The summed E-state index contributed by atoms with van der Waals surface area (Å²) in [6, 6.07) is 0. The Hall–Kier alpha value is -3.19. The van der Waals surface area contributed by atoms with E-state index in [0.717, 1.165) is 12.0 Å². The summed E-state index contributed by atoms with van der Waals surface area (Å²) in [6.45, 7) is 21.8. The maximum atomic E-state index is 12.4. The van der Waals surface area contributed by atoms with Crippen molar-refractivity contribution in [2.45, 2.75) is 94.9 Å². The fourth-order valence-electron chi connectivity index (χ4n) is 5.57. The first-order valence-electron chi connectivity index (χ1n) is 15.2. The van der Waals surface area contributed by atoms with Crippen molar-refractivity contribution >= 4 is 5.78 Å². The molecular formula is C40H54O. The largest absolute Gasteiger partial charge is 0.299 e. The lowest BCUT2D eigenvalue weighted by atomic mass is 9.68. The molecule has 2 rings (SSSR count). The van der Waals surface area contributed by atoms with E-state index in [-0.39, 0.29) is 5.41 Å². The highest BCUT2D eigenvalue weighted by molar-refractivity contribution is 5.89. The second-order valence-corrected chi connectivity index (χ2v) is 13.1. The van der Waals surface area contributed by atoms with Crippen molar-refractivity contribution in [3.63, 3.8) is 0 Å². The molecule has 0 fully saturated rings. The molecule has 0 saturated heterocycles. The van der Waals surface area contributed by atoms with Crippen molar-refractivity contribution in [1.82, 2.24) is 0 Å². The minimum Gasteiger partial charge on any atom is -0.299 e. The van der Waals surface area contributed by atoms with Crippen LogP contribution in [0.25, 0.3) is 0 Å². The van der Waals surface area contributed by atoms with Gasteiger partial charge in [-0.25, -0.2) is 0 Å². The van der Waals surface area contributed by atoms with E-state index in [1.807, 2.05) is 13.8 Å². The highest BCUT2D eigenvalue weighted by Crippen LogP contribution is 2.42. The van der Waals surface area contributed by atoms with Crippen LogP contribution in [0.5, 0.6) is 0 Å². The summed E-state index contributed by atoms with van der Waals surface area (Å²) in [5, 5.41) is 0. The van der Waals surface area contributed by atoms with Crippen LogP contribution in [-0.2, 0) is 4.79 Å². The van der Waals surface area contributed by atoms with Gasteiger partial charge in [-0.05, 0) is 85.6 Å². The van der Waals surface area contributed by atoms with Crippen LogP contribution in [0.3, 0.4) is 0 Å². The SMILES string of the molecule is CC1=CCCC(C)(C)C1/C=C/C(C)=C/C=C/C(C)=C/C=C/C=C(C)/C=C/C=C(C)/C=C/C1=C(C)CCC(=O)C1(C)C. The lowest BCUT2D eigenvalue weighted by Gasteiger charge is -2.36. The van der Waals surface area contributed by atoms with Gasteiger partial charge >= 0.3 is 0 Å². The molecule has 1 heteroatoms. The van der Waals surface area contributed by atoms with E-state index in [0.29, 0.717) is 23.5 Å². The molecule has 1 atom stereocenters. The van der Waals surface area contributed by atoms with Crippen LogP contribution >= 0.6 is 0 Å². The standard InChI is InChI=1S/C40H54O/c1-30(18-13-20-32(3)23-26-36-34(5)22-15-29-39(36,7)8)16-11-12-17-31(2)19-14-21-33(4)24-27-37-35(6)25-28-38(41)40(37,9)10/h11-14,16-24,26-27,36H,15,25,28-29H2,1-10H3/b12-11+,18-13+,19-14+,26-23+,27-24+,30-16+,31-17+,32-20+,33-21+. The van der Waals surface area contributed by atoms with Crippen LogP contribution in [0, 0.1) is 16.7 Å². The van der Waals surface area contributed by atoms with E-state index in [4.69, 9.17) is 0 Å². The summed E-state index contributed by atoms with van der Waals surface area (Å²) >= 11 is 0. The number of carbonyl (C=O) groups is 1. The molecule has 0 N–H and O–H groups in total. The van der Waals surface area contributed by atoms with Gasteiger partial charge in [-0.1, -0.05) is 138 Å². The van der Waals surface area contributed by atoms with Crippen LogP contribution in [0.15, 0.2) is 130 Å². The normalized spacial score (nSPS) is 23.3. The zero-order valence-corrected chi connectivity index (χ0v) is 27.5. The van der Waals surface area contributed by atoms with Crippen molar-refractivity contribution in [3.8, 4) is 0 Å². The van der Waals surface area contributed by atoms with Crippen molar-refractivity contribution in [3.05, 3.63) is 130 Å². The van der Waals surface area contributed by atoms with Crippen LogP contribution in [0.4, 0.5) is 0 Å². The molecule has 0 amide bonds. The Morgan fingerprint density at radius 3 is 1.80 bits per heavy atom. The molecule has 0 saturated carbocycles. The van der Waals surface area contributed by atoms with Crippen LogP contribution in [0.2, 0.25) is 0 Å². The number of ketones is 1. The van der Waals surface area contributed by atoms with Gasteiger partial charge in [0.1, 0.15) is 5.78 Å². The molecule has 220 valence electrons. The molecule has 1 unspecified atom stereocenters. The van der Waals surface area contributed by atoms with Gasteiger partial charge in [-0.2, -0.15) is 0 Å². The summed E-state index contributed by atoms with van der Waals surface area (Å²) in [7, 11) is 0.